The molecule has 0 spiro atoms. The normalized spacial score (nSPS) is 15.3. The number of ether oxygens (including phenoxy) is 2. The third-order valence-electron chi connectivity index (χ3n) is 7.59. The molecule has 222 valence electrons. The second kappa shape index (κ2) is 12.8. The zero-order chi connectivity index (χ0) is 29.7. The Balaban J connectivity index is 1.51. The van der Waals surface area contributed by atoms with E-state index < -0.39 is 34.3 Å². The summed E-state index contributed by atoms with van der Waals surface area (Å²) in [5.74, 6) is -0.713. The molecule has 2 aliphatic rings. The average Bonchev–Trinajstić information content (AvgIpc) is 3.66. The van der Waals surface area contributed by atoms with Gasteiger partial charge in [0.15, 0.2) is 11.5 Å². The van der Waals surface area contributed by atoms with Gasteiger partial charge in [-0.05, 0) is 36.6 Å². The highest BCUT2D eigenvalue weighted by atomic mass is 32.2. The Hall–Kier alpha value is -4.12. The topological polar surface area (TPSA) is 105 Å². The van der Waals surface area contributed by atoms with E-state index in [1.807, 2.05) is 30.3 Å². The second-order valence-electron chi connectivity index (χ2n) is 10.6. The molecule has 1 aliphatic carbocycles. The molecule has 1 fully saturated rings. The Bertz CT molecular complexity index is 1530. The predicted octanol–water partition coefficient (Wildman–Crippen LogP) is 4.02. The minimum atomic E-state index is -3.95. The summed E-state index contributed by atoms with van der Waals surface area (Å²) in [4.78, 5) is 29.3. The van der Waals surface area contributed by atoms with Crippen LogP contribution >= 0.6 is 0 Å². The lowest BCUT2D eigenvalue weighted by Crippen LogP contribution is -2.54. The molecule has 1 aliphatic heterocycles. The van der Waals surface area contributed by atoms with E-state index in [1.165, 1.54) is 23.1 Å². The molecular formula is C31H34FN3O6S. The van der Waals surface area contributed by atoms with Crippen molar-refractivity contribution in [3.8, 4) is 11.5 Å². The van der Waals surface area contributed by atoms with E-state index in [1.54, 1.807) is 24.3 Å². The van der Waals surface area contributed by atoms with E-state index in [2.05, 4.69) is 5.32 Å². The molecule has 3 aromatic rings. The van der Waals surface area contributed by atoms with Crippen molar-refractivity contribution in [1.82, 2.24) is 10.2 Å². The molecule has 1 atom stereocenters. The van der Waals surface area contributed by atoms with Crippen molar-refractivity contribution >= 4 is 27.5 Å². The van der Waals surface area contributed by atoms with E-state index in [-0.39, 0.29) is 43.0 Å². The van der Waals surface area contributed by atoms with Gasteiger partial charge in [0.1, 0.15) is 18.4 Å². The first kappa shape index (κ1) is 29.4. The Morgan fingerprint density at radius 3 is 2.38 bits per heavy atom. The van der Waals surface area contributed by atoms with Crippen LogP contribution in [-0.2, 0) is 32.6 Å². The number of rotatable bonds is 11. The molecule has 0 saturated heterocycles. The molecule has 11 heteroatoms. The highest BCUT2D eigenvalue weighted by Gasteiger charge is 2.35. The van der Waals surface area contributed by atoms with Crippen molar-refractivity contribution in [2.45, 2.75) is 50.7 Å². The van der Waals surface area contributed by atoms with Crippen molar-refractivity contribution in [3.63, 3.8) is 0 Å². The number of amides is 2. The fourth-order valence-corrected chi connectivity index (χ4v) is 6.23. The fourth-order valence-electron chi connectivity index (χ4n) is 5.39. The molecule has 5 rings (SSSR count). The number of halogens is 1. The molecular weight excluding hydrogens is 561 g/mol. The number of hydrogen-bond donors (Lipinski definition) is 1. The minimum Gasteiger partial charge on any atom is -0.454 e. The Kier molecular flexibility index (Phi) is 8.96. The number of nitrogens with one attached hydrogen (secondary N) is 1. The number of anilines is 1. The summed E-state index contributed by atoms with van der Waals surface area (Å²) in [6.45, 7) is -0.820. The Morgan fingerprint density at radius 2 is 1.67 bits per heavy atom. The lowest BCUT2D eigenvalue weighted by molar-refractivity contribution is -0.140. The molecule has 42 heavy (non-hydrogen) atoms. The van der Waals surface area contributed by atoms with Gasteiger partial charge in [0.2, 0.25) is 28.6 Å². The maximum absolute atomic E-state index is 14.9. The summed E-state index contributed by atoms with van der Waals surface area (Å²) in [6, 6.07) is 18.9. The number of sulfonamides is 1. The molecule has 3 aromatic carbocycles. The van der Waals surface area contributed by atoms with Crippen LogP contribution < -0.4 is 19.1 Å². The summed E-state index contributed by atoms with van der Waals surface area (Å²) in [5, 5.41) is 3.09. The smallest absolute Gasteiger partial charge is 0.244 e. The third kappa shape index (κ3) is 7.02. The van der Waals surface area contributed by atoms with Gasteiger partial charge < -0.3 is 19.7 Å². The summed E-state index contributed by atoms with van der Waals surface area (Å²) < 4.78 is 52.6. The van der Waals surface area contributed by atoms with Crippen molar-refractivity contribution < 1.29 is 31.9 Å². The molecule has 0 aromatic heterocycles. The quantitative estimate of drug-likeness (QED) is 0.359. The second-order valence-corrected chi connectivity index (χ2v) is 12.5. The van der Waals surface area contributed by atoms with Crippen molar-refractivity contribution in [1.29, 1.82) is 0 Å². The molecule has 0 bridgehead atoms. The van der Waals surface area contributed by atoms with Gasteiger partial charge in [-0.1, -0.05) is 61.4 Å². The molecule has 9 nitrogen and oxygen atoms in total. The summed E-state index contributed by atoms with van der Waals surface area (Å²) in [5.41, 5.74) is 1.23. The number of hydrogen-bond acceptors (Lipinski definition) is 6. The van der Waals surface area contributed by atoms with Crippen LogP contribution in [0.5, 0.6) is 11.5 Å². The largest absolute Gasteiger partial charge is 0.454 e. The van der Waals surface area contributed by atoms with Crippen LogP contribution in [0.3, 0.4) is 0 Å². The van der Waals surface area contributed by atoms with E-state index in [0.29, 0.717) is 11.5 Å². The van der Waals surface area contributed by atoms with E-state index >= 15 is 0 Å². The van der Waals surface area contributed by atoms with Crippen LogP contribution in [0, 0.1) is 5.82 Å². The molecule has 1 heterocycles. The number of fused-ring (bicyclic) bond motifs is 1. The lowest BCUT2D eigenvalue weighted by Gasteiger charge is -2.34. The highest BCUT2D eigenvalue weighted by molar-refractivity contribution is 7.92. The van der Waals surface area contributed by atoms with Crippen LogP contribution in [0.15, 0.2) is 72.8 Å². The first-order valence-corrected chi connectivity index (χ1v) is 15.8. The first-order chi connectivity index (χ1) is 20.2. The molecule has 1 saturated carbocycles. The van der Waals surface area contributed by atoms with Gasteiger partial charge in [-0.2, -0.15) is 0 Å². The van der Waals surface area contributed by atoms with Gasteiger partial charge in [0.05, 0.1) is 11.9 Å². The van der Waals surface area contributed by atoms with Crippen molar-refractivity contribution in [3.05, 3.63) is 89.7 Å². The third-order valence-corrected chi connectivity index (χ3v) is 8.74. The van der Waals surface area contributed by atoms with Crippen molar-refractivity contribution in [2.75, 3.05) is 23.9 Å². The standard InChI is InChI=1S/C31H34FN3O6S/c1-42(38,39)35(25-15-16-28-29(18-25)41-21-40-28)20-30(36)34(19-23-11-5-8-14-26(23)32)27(17-22-9-3-2-4-10-22)31(37)33-24-12-6-7-13-24/h2-5,8-11,14-16,18,24,27H,6-7,12-13,17,19-21H2,1H3,(H,33,37)/t27-/m0/s1. The molecule has 0 radical (unpaired) electrons. The van der Waals surface area contributed by atoms with E-state index in [4.69, 9.17) is 9.47 Å². The number of carbonyl (C=O) groups is 2. The Labute approximate surface area is 245 Å². The van der Waals surface area contributed by atoms with Crippen LogP contribution in [0.2, 0.25) is 0 Å². The van der Waals surface area contributed by atoms with Crippen LogP contribution in [-0.4, -0.2) is 56.8 Å². The van der Waals surface area contributed by atoms with E-state index in [0.717, 1.165) is 41.8 Å². The fraction of sp³-hybridized carbons (Fsp3) is 0.355. The summed E-state index contributed by atoms with van der Waals surface area (Å²) >= 11 is 0. The van der Waals surface area contributed by atoms with Crippen molar-refractivity contribution in [2.24, 2.45) is 0 Å². The van der Waals surface area contributed by atoms with E-state index in [9.17, 15) is 22.4 Å². The van der Waals surface area contributed by atoms with Gasteiger partial charge in [0.25, 0.3) is 0 Å². The molecule has 2 amide bonds. The number of benzene rings is 3. The lowest BCUT2D eigenvalue weighted by atomic mass is 10.0. The maximum atomic E-state index is 14.9. The van der Waals surface area contributed by atoms with Crippen LogP contribution in [0.4, 0.5) is 10.1 Å². The molecule has 1 N–H and O–H groups in total. The van der Waals surface area contributed by atoms with Gasteiger partial charge in [0, 0.05) is 30.6 Å². The summed E-state index contributed by atoms with van der Waals surface area (Å²) in [6.07, 6.45) is 4.87. The SMILES string of the molecule is CS(=O)(=O)N(CC(=O)N(Cc1ccccc1F)[C@@H](Cc1ccccc1)C(=O)NC1CCCC1)c1ccc2c(c1)OCO2. The maximum Gasteiger partial charge on any atom is 0.244 e. The Morgan fingerprint density at radius 1 is 0.976 bits per heavy atom. The van der Waals surface area contributed by atoms with Crippen LogP contribution in [0.1, 0.15) is 36.8 Å². The molecule has 0 unspecified atom stereocenters. The monoisotopic (exact) mass is 595 g/mol. The minimum absolute atomic E-state index is 0.00425. The summed E-state index contributed by atoms with van der Waals surface area (Å²) in [7, 11) is -3.95. The van der Waals surface area contributed by atoms with Gasteiger partial charge in [-0.3, -0.25) is 13.9 Å². The zero-order valence-electron chi connectivity index (χ0n) is 23.4. The number of carbonyl (C=O) groups excluding carboxylic acids is 2. The van der Waals surface area contributed by atoms with Gasteiger partial charge in [-0.15, -0.1) is 0 Å². The first-order valence-electron chi connectivity index (χ1n) is 13.9. The van der Waals surface area contributed by atoms with Crippen LogP contribution in [0.25, 0.3) is 0 Å². The average molecular weight is 596 g/mol. The highest BCUT2D eigenvalue weighted by Crippen LogP contribution is 2.36. The van der Waals surface area contributed by atoms with Gasteiger partial charge in [-0.25, -0.2) is 12.8 Å². The number of nitrogens with zero attached hydrogens (tertiary/aromatic N) is 2. The zero-order valence-corrected chi connectivity index (χ0v) is 24.2. The predicted molar refractivity (Wildman–Crippen MR) is 156 cm³/mol. The van der Waals surface area contributed by atoms with Gasteiger partial charge >= 0.3 is 0 Å².